The van der Waals surface area contributed by atoms with Crippen molar-refractivity contribution in [2.24, 2.45) is 0 Å². The third-order valence-electron chi connectivity index (χ3n) is 4.86. The summed E-state index contributed by atoms with van der Waals surface area (Å²) < 4.78 is 12.6. The van der Waals surface area contributed by atoms with Gasteiger partial charge in [0.05, 0.1) is 23.6 Å². The number of hydrogen-bond donors (Lipinski definition) is 0. The molecule has 3 aromatic rings. The second-order valence-electron chi connectivity index (χ2n) is 8.15. The molecule has 0 saturated carbocycles. The van der Waals surface area contributed by atoms with Gasteiger partial charge < -0.3 is 9.47 Å². The van der Waals surface area contributed by atoms with Gasteiger partial charge in [-0.05, 0) is 51.5 Å². The van der Waals surface area contributed by atoms with Gasteiger partial charge in [-0.1, -0.05) is 30.3 Å². The fraction of sp³-hybridized carbons (Fsp3) is 0.292. The van der Waals surface area contributed by atoms with Crippen LogP contribution in [-0.4, -0.2) is 33.9 Å². The third-order valence-corrected chi connectivity index (χ3v) is 4.86. The fourth-order valence-electron chi connectivity index (χ4n) is 3.71. The number of hydrogen-bond acceptors (Lipinski definition) is 5. The summed E-state index contributed by atoms with van der Waals surface area (Å²) in [5.74, 6) is -0.837. The van der Waals surface area contributed by atoms with Crippen LogP contribution in [-0.2, 0) is 15.9 Å². The van der Waals surface area contributed by atoms with Gasteiger partial charge >= 0.3 is 11.9 Å². The first-order valence-corrected chi connectivity index (χ1v) is 10.00. The van der Waals surface area contributed by atoms with E-state index in [1.807, 2.05) is 63.2 Å². The Morgan fingerprint density at radius 1 is 1.00 bits per heavy atom. The Labute approximate surface area is 175 Å². The van der Waals surface area contributed by atoms with Crippen molar-refractivity contribution in [3.8, 4) is 16.9 Å². The minimum absolute atomic E-state index is 0.266. The maximum Gasteiger partial charge on any atom is 0.359 e. The summed E-state index contributed by atoms with van der Waals surface area (Å²) in [6.45, 7) is 7.56. The molecule has 0 spiro atoms. The number of carbonyl (C=O) groups excluding carboxylic acids is 2. The first-order valence-electron chi connectivity index (χ1n) is 10.00. The molecule has 0 fully saturated rings. The van der Waals surface area contributed by atoms with Crippen molar-refractivity contribution in [2.75, 3.05) is 6.61 Å². The average Bonchev–Trinajstić information content (AvgIpc) is 3.24. The molecule has 0 N–H and O–H groups in total. The van der Waals surface area contributed by atoms with Crippen molar-refractivity contribution >= 4 is 11.9 Å². The largest absolute Gasteiger partial charge is 0.461 e. The predicted octanol–water partition coefficient (Wildman–Crippen LogP) is 4.58. The van der Waals surface area contributed by atoms with Crippen LogP contribution in [0.5, 0.6) is 0 Å². The number of para-hydroxylation sites is 1. The van der Waals surface area contributed by atoms with E-state index in [4.69, 9.17) is 9.47 Å². The first-order chi connectivity index (χ1) is 14.3. The second kappa shape index (κ2) is 7.44. The molecule has 0 amide bonds. The van der Waals surface area contributed by atoms with E-state index in [0.717, 1.165) is 28.1 Å². The van der Waals surface area contributed by atoms with Crippen molar-refractivity contribution in [3.05, 3.63) is 70.9 Å². The number of nitrogens with zero attached hydrogens (tertiary/aromatic N) is 2. The van der Waals surface area contributed by atoms with Crippen LogP contribution in [0.4, 0.5) is 0 Å². The molecule has 2 aromatic carbocycles. The summed E-state index contributed by atoms with van der Waals surface area (Å²) in [4.78, 5) is 25.4. The van der Waals surface area contributed by atoms with Crippen molar-refractivity contribution in [3.63, 3.8) is 0 Å². The van der Waals surface area contributed by atoms with Gasteiger partial charge in [0.15, 0.2) is 5.69 Å². The molecule has 6 nitrogen and oxygen atoms in total. The fourth-order valence-corrected chi connectivity index (χ4v) is 3.71. The summed E-state index contributed by atoms with van der Waals surface area (Å²) >= 11 is 0. The van der Waals surface area contributed by atoms with Crippen molar-refractivity contribution in [1.82, 2.24) is 9.78 Å². The molecule has 30 heavy (non-hydrogen) atoms. The Balaban J connectivity index is 1.88. The van der Waals surface area contributed by atoms with Crippen LogP contribution < -0.4 is 0 Å². The molecule has 1 aliphatic rings. The molecule has 0 atom stereocenters. The van der Waals surface area contributed by atoms with Crippen molar-refractivity contribution in [1.29, 1.82) is 0 Å². The number of ether oxygens (including phenoxy) is 2. The standard InChI is InChI=1S/C24H24N2O4/c1-5-29-23(28)20-19-14-18-16(12-9-13-17(18)22(27)30-24(2,3)4)21(19)26(25-20)15-10-7-6-8-11-15/h6-13H,5,14H2,1-4H3. The zero-order valence-corrected chi connectivity index (χ0v) is 17.6. The molecule has 0 bridgehead atoms. The highest BCUT2D eigenvalue weighted by molar-refractivity contribution is 5.98. The predicted molar refractivity (Wildman–Crippen MR) is 113 cm³/mol. The Bertz CT molecular complexity index is 1120. The lowest BCUT2D eigenvalue weighted by atomic mass is 10.0. The number of rotatable bonds is 4. The summed E-state index contributed by atoms with van der Waals surface area (Å²) in [5.41, 5.74) is 4.32. The summed E-state index contributed by atoms with van der Waals surface area (Å²) in [5, 5.41) is 4.58. The van der Waals surface area contributed by atoms with Gasteiger partial charge in [-0.25, -0.2) is 14.3 Å². The van der Waals surface area contributed by atoms with E-state index in [-0.39, 0.29) is 18.3 Å². The molecule has 4 rings (SSSR count). The second-order valence-corrected chi connectivity index (χ2v) is 8.15. The SMILES string of the molecule is CCOC(=O)c1nn(-c2ccccc2)c2c1Cc1c(C(=O)OC(C)(C)C)cccc1-2. The molecule has 0 saturated heterocycles. The normalized spacial score (nSPS) is 12.3. The maximum absolute atomic E-state index is 12.8. The van der Waals surface area contributed by atoms with E-state index in [2.05, 4.69) is 5.10 Å². The zero-order valence-electron chi connectivity index (χ0n) is 17.6. The highest BCUT2D eigenvalue weighted by Crippen LogP contribution is 2.41. The molecule has 6 heteroatoms. The van der Waals surface area contributed by atoms with Gasteiger partial charge in [-0.3, -0.25) is 0 Å². The van der Waals surface area contributed by atoms with E-state index >= 15 is 0 Å². The Morgan fingerprint density at radius 3 is 2.40 bits per heavy atom. The van der Waals surface area contributed by atoms with Gasteiger partial charge in [0.2, 0.25) is 0 Å². The van der Waals surface area contributed by atoms with E-state index in [1.54, 1.807) is 17.7 Å². The van der Waals surface area contributed by atoms with E-state index in [9.17, 15) is 9.59 Å². The monoisotopic (exact) mass is 404 g/mol. The smallest absolute Gasteiger partial charge is 0.359 e. The molecule has 154 valence electrons. The molecular weight excluding hydrogens is 380 g/mol. The van der Waals surface area contributed by atoms with Crippen molar-refractivity contribution < 1.29 is 19.1 Å². The number of benzene rings is 2. The maximum atomic E-state index is 12.8. The van der Waals surface area contributed by atoms with Gasteiger partial charge in [0, 0.05) is 17.5 Å². The summed E-state index contributed by atoms with van der Waals surface area (Å²) in [7, 11) is 0. The highest BCUT2D eigenvalue weighted by Gasteiger charge is 2.34. The lowest BCUT2D eigenvalue weighted by Gasteiger charge is -2.20. The molecule has 1 heterocycles. The number of aromatic nitrogens is 2. The molecule has 1 aliphatic carbocycles. The summed E-state index contributed by atoms with van der Waals surface area (Å²) in [6, 6.07) is 15.2. The minimum atomic E-state index is -0.595. The molecule has 0 radical (unpaired) electrons. The van der Waals surface area contributed by atoms with Gasteiger partial charge in [-0.2, -0.15) is 5.10 Å². The Kier molecular flexibility index (Phi) is 4.94. The van der Waals surface area contributed by atoms with Gasteiger partial charge in [-0.15, -0.1) is 0 Å². The molecule has 1 aromatic heterocycles. The number of fused-ring (bicyclic) bond motifs is 3. The summed E-state index contributed by atoms with van der Waals surface area (Å²) in [6.07, 6.45) is 0.418. The Morgan fingerprint density at radius 2 is 1.73 bits per heavy atom. The number of carbonyl (C=O) groups is 2. The van der Waals surface area contributed by atoms with Gasteiger partial charge in [0.25, 0.3) is 0 Å². The lowest BCUT2D eigenvalue weighted by molar-refractivity contribution is 0.00684. The molecule has 0 unspecified atom stereocenters. The van der Waals surface area contributed by atoms with E-state index in [0.29, 0.717) is 12.0 Å². The highest BCUT2D eigenvalue weighted by atomic mass is 16.6. The van der Waals surface area contributed by atoms with E-state index < -0.39 is 11.6 Å². The minimum Gasteiger partial charge on any atom is -0.461 e. The van der Waals surface area contributed by atoms with E-state index in [1.165, 1.54) is 0 Å². The quantitative estimate of drug-likeness (QED) is 0.466. The molecular formula is C24H24N2O4. The zero-order chi connectivity index (χ0) is 21.5. The van der Waals surface area contributed by atoms with Crippen molar-refractivity contribution in [2.45, 2.75) is 39.7 Å². The van der Waals surface area contributed by atoms with Crippen LogP contribution in [0, 0.1) is 0 Å². The van der Waals surface area contributed by atoms with Crippen LogP contribution in [0.15, 0.2) is 48.5 Å². The third kappa shape index (κ3) is 3.49. The van der Waals surface area contributed by atoms with Gasteiger partial charge in [0.1, 0.15) is 5.60 Å². The lowest BCUT2D eigenvalue weighted by Crippen LogP contribution is -2.24. The first kappa shape index (κ1) is 19.9. The van der Waals surface area contributed by atoms with Crippen LogP contribution in [0.2, 0.25) is 0 Å². The average molecular weight is 404 g/mol. The van der Waals surface area contributed by atoms with Crippen LogP contribution in [0.3, 0.4) is 0 Å². The topological polar surface area (TPSA) is 70.4 Å². The van der Waals surface area contributed by atoms with Crippen LogP contribution in [0.1, 0.15) is 59.7 Å². The van der Waals surface area contributed by atoms with Crippen LogP contribution in [0.25, 0.3) is 16.9 Å². The number of esters is 2. The Hall–Kier alpha value is -3.41. The van der Waals surface area contributed by atoms with Crippen LogP contribution >= 0.6 is 0 Å². The molecule has 0 aliphatic heterocycles.